The van der Waals surface area contributed by atoms with Gasteiger partial charge >= 0.3 is 0 Å². The maximum atomic E-state index is 11.5. The zero-order valence-electron chi connectivity index (χ0n) is 9.00. The Kier molecular flexibility index (Phi) is 3.63. The monoisotopic (exact) mass is 188 g/mol. The van der Waals surface area contributed by atoms with Crippen LogP contribution in [-0.2, 0) is 6.42 Å². The van der Waals surface area contributed by atoms with Gasteiger partial charge in [0.25, 0.3) is 0 Å². The van der Waals surface area contributed by atoms with Gasteiger partial charge < -0.3 is 0 Å². The number of hydrogen-bond donors (Lipinski definition) is 0. The van der Waals surface area contributed by atoms with E-state index in [1.807, 2.05) is 51.1 Å². The average molecular weight is 188 g/mol. The molecule has 0 radical (unpaired) electrons. The van der Waals surface area contributed by atoms with Crippen LogP contribution in [0.3, 0.4) is 0 Å². The first-order chi connectivity index (χ1) is 6.79. The Bertz CT molecular complexity index is 361. The fourth-order valence-electron chi connectivity index (χ4n) is 1.49. The van der Waals surface area contributed by atoms with Crippen LogP contribution in [0.1, 0.15) is 36.7 Å². The standard InChI is InChI=1S/C11H10O.C2H6/c1-8-6-7-9-4-2-3-5-10(9)11(8)12;1-2/h2-6H,7H2,1H3;1-2H3. The molecule has 0 unspecified atom stereocenters. The molecular formula is C13H16O. The van der Waals surface area contributed by atoms with Crippen molar-refractivity contribution in [2.75, 3.05) is 0 Å². The Morgan fingerprint density at radius 1 is 1.14 bits per heavy atom. The summed E-state index contributed by atoms with van der Waals surface area (Å²) in [5, 5.41) is 0. The summed E-state index contributed by atoms with van der Waals surface area (Å²) in [4.78, 5) is 11.5. The third kappa shape index (κ3) is 1.92. The Labute approximate surface area is 85.5 Å². The van der Waals surface area contributed by atoms with Gasteiger partial charge in [-0.1, -0.05) is 44.2 Å². The highest BCUT2D eigenvalue weighted by Gasteiger charge is 2.15. The smallest absolute Gasteiger partial charge is 0.188 e. The highest BCUT2D eigenvalue weighted by atomic mass is 16.1. The van der Waals surface area contributed by atoms with Gasteiger partial charge in [-0.15, -0.1) is 0 Å². The Morgan fingerprint density at radius 2 is 1.79 bits per heavy atom. The van der Waals surface area contributed by atoms with Gasteiger partial charge in [0.2, 0.25) is 0 Å². The van der Waals surface area contributed by atoms with Gasteiger partial charge in [0.15, 0.2) is 5.78 Å². The van der Waals surface area contributed by atoms with Crippen LogP contribution < -0.4 is 0 Å². The highest BCUT2D eigenvalue weighted by Crippen LogP contribution is 2.19. The van der Waals surface area contributed by atoms with Crippen LogP contribution in [0.4, 0.5) is 0 Å². The lowest BCUT2D eigenvalue weighted by Gasteiger charge is -2.12. The third-order valence-corrected chi connectivity index (χ3v) is 2.25. The molecular weight excluding hydrogens is 172 g/mol. The molecule has 0 aromatic heterocycles. The predicted molar refractivity (Wildman–Crippen MR) is 59.6 cm³/mol. The first kappa shape index (κ1) is 10.7. The molecule has 14 heavy (non-hydrogen) atoms. The van der Waals surface area contributed by atoms with Gasteiger partial charge in [0.05, 0.1) is 0 Å². The number of Topliss-reactive ketones (excluding diaryl/α,β-unsaturated/α-hetero) is 1. The summed E-state index contributed by atoms with van der Waals surface area (Å²) >= 11 is 0. The summed E-state index contributed by atoms with van der Waals surface area (Å²) in [5.74, 6) is 0.178. The van der Waals surface area contributed by atoms with Crippen LogP contribution in [0.5, 0.6) is 0 Å². The van der Waals surface area contributed by atoms with Crippen molar-refractivity contribution in [2.45, 2.75) is 27.2 Å². The molecule has 2 rings (SSSR count). The molecule has 1 aliphatic carbocycles. The van der Waals surface area contributed by atoms with E-state index in [1.54, 1.807) is 0 Å². The van der Waals surface area contributed by atoms with Gasteiger partial charge in [-0.2, -0.15) is 0 Å². The number of benzene rings is 1. The number of rotatable bonds is 0. The summed E-state index contributed by atoms with van der Waals surface area (Å²) in [6, 6.07) is 7.79. The topological polar surface area (TPSA) is 17.1 Å². The quantitative estimate of drug-likeness (QED) is 0.610. The van der Waals surface area contributed by atoms with Crippen LogP contribution >= 0.6 is 0 Å². The van der Waals surface area contributed by atoms with E-state index in [-0.39, 0.29) is 5.78 Å². The van der Waals surface area contributed by atoms with Crippen LogP contribution in [0.2, 0.25) is 0 Å². The van der Waals surface area contributed by atoms with Gasteiger partial charge in [-0.25, -0.2) is 0 Å². The Balaban J connectivity index is 0.000000461. The predicted octanol–water partition coefficient (Wildman–Crippen LogP) is 3.40. The van der Waals surface area contributed by atoms with E-state index in [0.717, 1.165) is 23.1 Å². The number of allylic oxidation sites excluding steroid dienone is 2. The SMILES string of the molecule is CC.CC1=CCc2ccccc2C1=O. The number of carbonyl (C=O) groups is 1. The number of ketones is 1. The molecule has 1 heteroatoms. The minimum absolute atomic E-state index is 0.178. The molecule has 0 spiro atoms. The van der Waals surface area contributed by atoms with E-state index in [0.29, 0.717) is 0 Å². The first-order valence-corrected chi connectivity index (χ1v) is 5.08. The number of carbonyl (C=O) groups excluding carboxylic acids is 1. The Hall–Kier alpha value is -1.37. The van der Waals surface area contributed by atoms with Crippen molar-refractivity contribution in [3.8, 4) is 0 Å². The molecule has 0 fully saturated rings. The lowest BCUT2D eigenvalue weighted by Crippen LogP contribution is -2.09. The minimum atomic E-state index is 0.178. The molecule has 1 aliphatic rings. The van der Waals surface area contributed by atoms with Crippen molar-refractivity contribution in [1.82, 2.24) is 0 Å². The van der Waals surface area contributed by atoms with E-state index in [2.05, 4.69) is 0 Å². The normalized spacial score (nSPS) is 13.6. The van der Waals surface area contributed by atoms with Crippen LogP contribution in [0.15, 0.2) is 35.9 Å². The summed E-state index contributed by atoms with van der Waals surface area (Å²) in [5.41, 5.74) is 2.89. The van der Waals surface area contributed by atoms with Crippen LogP contribution in [0.25, 0.3) is 0 Å². The maximum Gasteiger partial charge on any atom is 0.188 e. The molecule has 0 bridgehead atoms. The average Bonchev–Trinajstić information content (AvgIpc) is 2.27. The summed E-state index contributed by atoms with van der Waals surface area (Å²) < 4.78 is 0. The second kappa shape index (κ2) is 4.75. The van der Waals surface area contributed by atoms with E-state index in [4.69, 9.17) is 0 Å². The zero-order chi connectivity index (χ0) is 10.6. The van der Waals surface area contributed by atoms with Crippen molar-refractivity contribution in [3.05, 3.63) is 47.0 Å². The fraction of sp³-hybridized carbons (Fsp3) is 0.308. The van der Waals surface area contributed by atoms with Crippen molar-refractivity contribution < 1.29 is 4.79 Å². The number of hydrogen-bond acceptors (Lipinski definition) is 1. The number of fused-ring (bicyclic) bond motifs is 1. The summed E-state index contributed by atoms with van der Waals surface area (Å²) in [6.45, 7) is 5.87. The van der Waals surface area contributed by atoms with Gasteiger partial charge in [0.1, 0.15) is 0 Å². The van der Waals surface area contributed by atoms with Crippen molar-refractivity contribution in [2.24, 2.45) is 0 Å². The lowest BCUT2D eigenvalue weighted by atomic mass is 9.91. The molecule has 0 saturated carbocycles. The molecule has 0 amide bonds. The van der Waals surface area contributed by atoms with Crippen molar-refractivity contribution in [3.63, 3.8) is 0 Å². The molecule has 1 aromatic rings. The van der Waals surface area contributed by atoms with E-state index < -0.39 is 0 Å². The summed E-state index contributed by atoms with van der Waals surface area (Å²) in [6.07, 6.45) is 2.89. The summed E-state index contributed by atoms with van der Waals surface area (Å²) in [7, 11) is 0. The second-order valence-corrected chi connectivity index (χ2v) is 3.08. The molecule has 0 N–H and O–H groups in total. The van der Waals surface area contributed by atoms with E-state index in [1.165, 1.54) is 0 Å². The van der Waals surface area contributed by atoms with Crippen molar-refractivity contribution >= 4 is 5.78 Å². The van der Waals surface area contributed by atoms with Crippen LogP contribution in [0, 0.1) is 0 Å². The van der Waals surface area contributed by atoms with Crippen molar-refractivity contribution in [1.29, 1.82) is 0 Å². The first-order valence-electron chi connectivity index (χ1n) is 5.08. The molecule has 0 heterocycles. The van der Waals surface area contributed by atoms with E-state index in [9.17, 15) is 4.79 Å². The molecule has 1 aromatic carbocycles. The molecule has 74 valence electrons. The second-order valence-electron chi connectivity index (χ2n) is 3.08. The van der Waals surface area contributed by atoms with Gasteiger partial charge in [-0.05, 0) is 24.5 Å². The highest BCUT2D eigenvalue weighted by molar-refractivity contribution is 6.10. The third-order valence-electron chi connectivity index (χ3n) is 2.25. The fourth-order valence-corrected chi connectivity index (χ4v) is 1.49. The van der Waals surface area contributed by atoms with E-state index >= 15 is 0 Å². The zero-order valence-corrected chi connectivity index (χ0v) is 9.00. The maximum absolute atomic E-state index is 11.5. The van der Waals surface area contributed by atoms with Gasteiger partial charge in [-0.3, -0.25) is 4.79 Å². The lowest BCUT2D eigenvalue weighted by molar-refractivity contribution is 0.103. The largest absolute Gasteiger partial charge is 0.289 e. The minimum Gasteiger partial charge on any atom is -0.289 e. The molecule has 0 atom stereocenters. The Morgan fingerprint density at radius 3 is 2.50 bits per heavy atom. The van der Waals surface area contributed by atoms with Gasteiger partial charge in [0, 0.05) is 5.56 Å². The molecule has 0 saturated heterocycles. The molecule has 0 aliphatic heterocycles. The molecule has 1 nitrogen and oxygen atoms in total. The van der Waals surface area contributed by atoms with Crippen LogP contribution in [-0.4, -0.2) is 5.78 Å².